The molecule has 0 saturated carbocycles. The topological polar surface area (TPSA) is 48.6 Å². The van der Waals surface area contributed by atoms with Gasteiger partial charge in [0.15, 0.2) is 0 Å². The fourth-order valence-electron chi connectivity index (χ4n) is 2.31. The second kappa shape index (κ2) is 5.22. The lowest BCUT2D eigenvalue weighted by molar-refractivity contribution is -0.137. The van der Waals surface area contributed by atoms with Gasteiger partial charge in [-0.3, -0.25) is 15.0 Å². The van der Waals surface area contributed by atoms with Crippen molar-refractivity contribution in [2.75, 3.05) is 0 Å². The van der Waals surface area contributed by atoms with Crippen molar-refractivity contribution in [3.63, 3.8) is 0 Å². The molecule has 0 amide bonds. The van der Waals surface area contributed by atoms with Crippen molar-refractivity contribution in [1.29, 1.82) is 0 Å². The second-order valence-corrected chi connectivity index (χ2v) is 4.77. The molecule has 2 aromatic carbocycles. The van der Waals surface area contributed by atoms with Crippen LogP contribution in [0.5, 0.6) is 0 Å². The molecule has 0 spiro atoms. The fourth-order valence-corrected chi connectivity index (χ4v) is 2.31. The molecule has 0 saturated heterocycles. The average Bonchev–Trinajstić information content (AvgIpc) is 2.89. The molecule has 3 nitrogen and oxygen atoms in total. The van der Waals surface area contributed by atoms with Gasteiger partial charge < -0.3 is 0 Å². The molecule has 0 unspecified atom stereocenters. The Hall–Kier alpha value is -2.76. The molecule has 112 valence electrons. The number of benzene rings is 2. The summed E-state index contributed by atoms with van der Waals surface area (Å²) in [6.45, 7) is 0. The molecular formula is C16H11F3N2O. The minimum Gasteiger partial charge on any atom is -0.297 e. The predicted octanol–water partition coefficient (Wildman–Crippen LogP) is 4.06. The third-order valence-electron chi connectivity index (χ3n) is 3.32. The summed E-state index contributed by atoms with van der Waals surface area (Å²) in [7, 11) is 0. The van der Waals surface area contributed by atoms with Crippen LogP contribution in [0.1, 0.15) is 5.56 Å². The Kier molecular flexibility index (Phi) is 3.36. The van der Waals surface area contributed by atoms with Crippen LogP contribution in [0.2, 0.25) is 0 Å². The minimum absolute atomic E-state index is 0.298. The number of alkyl halides is 3. The maximum absolute atomic E-state index is 12.8. The summed E-state index contributed by atoms with van der Waals surface area (Å²) in [5, 5.41) is 5.09. The summed E-state index contributed by atoms with van der Waals surface area (Å²) in [4.78, 5) is 12.0. The third kappa shape index (κ3) is 2.55. The van der Waals surface area contributed by atoms with Crippen LogP contribution in [0.3, 0.4) is 0 Å². The number of hydrogen-bond donors (Lipinski definition) is 2. The summed E-state index contributed by atoms with van der Waals surface area (Å²) in [5.41, 5.74) is 0.455. The first-order valence-corrected chi connectivity index (χ1v) is 6.50. The number of nitrogens with one attached hydrogen (secondary N) is 2. The Morgan fingerprint density at radius 2 is 1.50 bits per heavy atom. The summed E-state index contributed by atoms with van der Waals surface area (Å²) in [6, 6.07) is 13.6. The van der Waals surface area contributed by atoms with Gasteiger partial charge in [0.2, 0.25) is 0 Å². The predicted molar refractivity (Wildman–Crippen MR) is 77.3 cm³/mol. The van der Waals surface area contributed by atoms with E-state index in [0.717, 1.165) is 12.1 Å². The fraction of sp³-hybridized carbons (Fsp3) is 0.0625. The van der Waals surface area contributed by atoms with E-state index in [0.29, 0.717) is 22.4 Å². The van der Waals surface area contributed by atoms with Crippen molar-refractivity contribution in [2.45, 2.75) is 6.18 Å². The Balaban J connectivity index is 2.17. The molecule has 1 heterocycles. The Labute approximate surface area is 123 Å². The lowest BCUT2D eigenvalue weighted by atomic mass is 10.0. The lowest BCUT2D eigenvalue weighted by Gasteiger charge is -2.09. The van der Waals surface area contributed by atoms with Gasteiger partial charge in [-0.2, -0.15) is 13.2 Å². The van der Waals surface area contributed by atoms with E-state index in [-0.39, 0.29) is 5.56 Å². The van der Waals surface area contributed by atoms with Crippen LogP contribution < -0.4 is 5.56 Å². The molecule has 0 aliphatic heterocycles. The molecule has 0 fully saturated rings. The Morgan fingerprint density at radius 1 is 0.818 bits per heavy atom. The molecule has 0 aliphatic rings. The maximum Gasteiger partial charge on any atom is 0.416 e. The molecule has 2 N–H and O–H groups in total. The summed E-state index contributed by atoms with van der Waals surface area (Å²) < 4.78 is 38.5. The third-order valence-corrected chi connectivity index (χ3v) is 3.32. The van der Waals surface area contributed by atoms with E-state index < -0.39 is 11.7 Å². The van der Waals surface area contributed by atoms with Gasteiger partial charge in [-0.15, -0.1) is 0 Å². The summed E-state index contributed by atoms with van der Waals surface area (Å²) >= 11 is 0. The van der Waals surface area contributed by atoms with Gasteiger partial charge in [0, 0.05) is 5.56 Å². The smallest absolute Gasteiger partial charge is 0.297 e. The molecule has 1 aromatic heterocycles. The van der Waals surface area contributed by atoms with Crippen molar-refractivity contribution in [3.8, 4) is 22.4 Å². The first-order valence-electron chi connectivity index (χ1n) is 6.50. The zero-order chi connectivity index (χ0) is 15.7. The van der Waals surface area contributed by atoms with E-state index in [1.807, 2.05) is 0 Å². The highest BCUT2D eigenvalue weighted by Gasteiger charge is 2.30. The van der Waals surface area contributed by atoms with Gasteiger partial charge in [0.25, 0.3) is 5.56 Å². The highest BCUT2D eigenvalue weighted by atomic mass is 19.4. The van der Waals surface area contributed by atoms with Crippen molar-refractivity contribution >= 4 is 0 Å². The van der Waals surface area contributed by atoms with Gasteiger partial charge in [-0.05, 0) is 17.7 Å². The SMILES string of the molecule is O=c1[nH][nH]c(-c2cccc(C(F)(F)F)c2)c1-c1ccccc1. The number of rotatable bonds is 2. The van der Waals surface area contributed by atoms with Gasteiger partial charge in [-0.1, -0.05) is 42.5 Å². The normalized spacial score (nSPS) is 11.6. The molecule has 6 heteroatoms. The van der Waals surface area contributed by atoms with Gasteiger partial charge in [0.1, 0.15) is 0 Å². The van der Waals surface area contributed by atoms with E-state index in [1.54, 1.807) is 30.3 Å². The largest absolute Gasteiger partial charge is 0.416 e. The first kappa shape index (κ1) is 14.2. The van der Waals surface area contributed by atoms with Crippen LogP contribution >= 0.6 is 0 Å². The molecule has 0 radical (unpaired) electrons. The van der Waals surface area contributed by atoms with Gasteiger partial charge in [-0.25, -0.2) is 0 Å². The highest BCUT2D eigenvalue weighted by Crippen LogP contribution is 2.33. The zero-order valence-electron chi connectivity index (χ0n) is 11.2. The zero-order valence-corrected chi connectivity index (χ0v) is 11.2. The second-order valence-electron chi connectivity index (χ2n) is 4.77. The quantitative estimate of drug-likeness (QED) is 0.737. The van der Waals surface area contributed by atoms with Crippen LogP contribution in [0.15, 0.2) is 59.4 Å². The average molecular weight is 304 g/mol. The van der Waals surface area contributed by atoms with Crippen LogP contribution in [0.4, 0.5) is 13.2 Å². The number of aromatic amines is 2. The van der Waals surface area contributed by atoms with Crippen LogP contribution in [-0.2, 0) is 6.18 Å². The Bertz CT molecular complexity index is 848. The van der Waals surface area contributed by atoms with E-state index >= 15 is 0 Å². The number of hydrogen-bond acceptors (Lipinski definition) is 1. The van der Waals surface area contributed by atoms with Crippen molar-refractivity contribution in [1.82, 2.24) is 10.2 Å². The van der Waals surface area contributed by atoms with E-state index in [1.165, 1.54) is 12.1 Å². The van der Waals surface area contributed by atoms with E-state index in [2.05, 4.69) is 10.2 Å². The maximum atomic E-state index is 12.8. The summed E-state index contributed by atoms with van der Waals surface area (Å²) in [5.74, 6) is 0. The van der Waals surface area contributed by atoms with Crippen molar-refractivity contribution in [2.24, 2.45) is 0 Å². The van der Waals surface area contributed by atoms with E-state index in [4.69, 9.17) is 0 Å². The molecular weight excluding hydrogens is 293 g/mol. The molecule has 0 bridgehead atoms. The number of aromatic nitrogens is 2. The van der Waals surface area contributed by atoms with Crippen LogP contribution in [-0.4, -0.2) is 10.2 Å². The highest BCUT2D eigenvalue weighted by molar-refractivity contribution is 5.80. The molecule has 0 aliphatic carbocycles. The molecule has 22 heavy (non-hydrogen) atoms. The number of H-pyrrole nitrogens is 2. The Morgan fingerprint density at radius 3 is 2.18 bits per heavy atom. The van der Waals surface area contributed by atoms with Crippen molar-refractivity contribution < 1.29 is 13.2 Å². The van der Waals surface area contributed by atoms with Crippen molar-refractivity contribution in [3.05, 3.63) is 70.5 Å². The number of halogens is 3. The molecule has 3 rings (SSSR count). The summed E-state index contributed by atoms with van der Waals surface area (Å²) in [6.07, 6.45) is -4.43. The molecule has 3 aromatic rings. The standard InChI is InChI=1S/C16H11F3N2O/c17-16(18,19)12-8-4-7-11(9-12)14-13(15(22)21-20-14)10-5-2-1-3-6-10/h1-9H,(H2,20,21,22). The first-order chi connectivity index (χ1) is 10.5. The monoisotopic (exact) mass is 304 g/mol. The van der Waals surface area contributed by atoms with Gasteiger partial charge >= 0.3 is 6.18 Å². The minimum atomic E-state index is -4.43. The van der Waals surface area contributed by atoms with Gasteiger partial charge in [0.05, 0.1) is 16.8 Å². The molecule has 0 atom stereocenters. The lowest BCUT2D eigenvalue weighted by Crippen LogP contribution is -2.05. The van der Waals surface area contributed by atoms with E-state index in [9.17, 15) is 18.0 Å². The van der Waals surface area contributed by atoms with Crippen LogP contribution in [0.25, 0.3) is 22.4 Å². The van der Waals surface area contributed by atoms with Crippen LogP contribution in [0, 0.1) is 0 Å².